The molecule has 3 aliphatic carbocycles. The molecule has 4 aliphatic rings. The maximum absolute atomic E-state index is 15.4. The van der Waals surface area contributed by atoms with Crippen molar-refractivity contribution >= 4 is 34.6 Å². The molecule has 4 fully saturated rings. The summed E-state index contributed by atoms with van der Waals surface area (Å²) >= 11 is 0. The van der Waals surface area contributed by atoms with Gasteiger partial charge < -0.3 is 59.8 Å². The molecular weight excluding hydrogens is 818 g/mol. The van der Waals surface area contributed by atoms with E-state index < -0.39 is 66.1 Å². The Labute approximate surface area is 354 Å². The van der Waals surface area contributed by atoms with Gasteiger partial charge in [0.1, 0.15) is 42.1 Å². The number of rotatable bonds is 18. The van der Waals surface area contributed by atoms with Crippen molar-refractivity contribution < 1.29 is 66.9 Å². The van der Waals surface area contributed by atoms with Crippen LogP contribution in [0.5, 0.6) is 5.75 Å². The summed E-state index contributed by atoms with van der Waals surface area (Å²) in [5, 5.41) is 34.7. The fourth-order valence-corrected chi connectivity index (χ4v) is 8.58. The number of fused-ring (bicyclic) bond motifs is 4. The molecule has 4 heterocycles. The highest BCUT2D eigenvalue weighted by molar-refractivity contribution is 5.93. The molecule has 62 heavy (non-hydrogen) atoms. The van der Waals surface area contributed by atoms with Gasteiger partial charge in [-0.3, -0.25) is 9.59 Å². The van der Waals surface area contributed by atoms with E-state index in [1.165, 1.54) is 18.2 Å². The SMILES string of the molecule is COC(=O)[C@H]1O[C@@H](Oc2ccc(COC(=O)[C@H]3C4CCC(CC4)[C@@H]3Cc3nc(-c4c[nH]c5ncc(F)cc45)ncc3F)cc2NC(=O)CCOCCOCCN)[C@H](O)[C@@H](O)[C@@H]1O. The standard InChI is InChI=1S/C42H50F2N6O12/c1-57-41(56)37-35(53)34(52)36(54)42(62-37)61-31-7-2-21(14-30(31)49-32(51)8-10-58-12-13-59-11-9-45)20-60-40(55)33-23-5-3-22(4-6-23)25(33)16-29-28(44)19-48-39(50-29)27-18-47-38-26(27)15-24(43)17-46-38/h2,7,14-15,17-19,22-23,25,33-37,42,52-54H,3-6,8-13,16,20,45H2,1H3,(H,46,47)(H,49,51)/t22?,23?,25-,33-,34-,35-,36+,37-,42+/m0/s1. The van der Waals surface area contributed by atoms with Crippen molar-refractivity contribution in [2.24, 2.45) is 29.4 Å². The summed E-state index contributed by atoms with van der Waals surface area (Å²) < 4.78 is 62.2. The predicted molar refractivity (Wildman–Crippen MR) is 213 cm³/mol. The Hall–Kier alpha value is -5.22. The topological polar surface area (TPSA) is 260 Å². The fourth-order valence-electron chi connectivity index (χ4n) is 8.58. The number of aliphatic hydroxyl groups is 3. The van der Waals surface area contributed by atoms with Gasteiger partial charge in [0, 0.05) is 23.7 Å². The van der Waals surface area contributed by atoms with Gasteiger partial charge in [-0.2, -0.15) is 0 Å². The van der Waals surface area contributed by atoms with Crippen molar-refractivity contribution in [2.45, 2.75) is 75.8 Å². The van der Waals surface area contributed by atoms with Crippen LogP contribution in [0.3, 0.4) is 0 Å². The van der Waals surface area contributed by atoms with Gasteiger partial charge in [0.05, 0.1) is 69.7 Å². The lowest BCUT2D eigenvalue weighted by atomic mass is 9.57. The Morgan fingerprint density at radius 2 is 1.69 bits per heavy atom. The number of H-pyrrole nitrogens is 1. The number of methoxy groups -OCH3 is 1. The van der Waals surface area contributed by atoms with Crippen LogP contribution in [0.4, 0.5) is 14.5 Å². The number of nitrogens with one attached hydrogen (secondary N) is 2. The molecule has 8 rings (SSSR count). The molecule has 4 aromatic rings. The molecule has 1 saturated heterocycles. The van der Waals surface area contributed by atoms with Crippen LogP contribution in [0, 0.1) is 35.3 Å². The molecular formula is C42H50F2N6O12. The molecule has 334 valence electrons. The van der Waals surface area contributed by atoms with E-state index in [9.17, 15) is 34.1 Å². The lowest BCUT2D eigenvalue weighted by Crippen LogP contribution is -2.61. The van der Waals surface area contributed by atoms with Crippen LogP contribution in [0.1, 0.15) is 43.4 Å². The number of aromatic amines is 1. The van der Waals surface area contributed by atoms with Gasteiger partial charge in [-0.15, -0.1) is 0 Å². The Morgan fingerprint density at radius 1 is 0.935 bits per heavy atom. The molecule has 0 unspecified atom stereocenters. The van der Waals surface area contributed by atoms with Crippen LogP contribution in [-0.4, -0.2) is 124 Å². The molecule has 1 aromatic carbocycles. The monoisotopic (exact) mass is 868 g/mol. The number of anilines is 1. The van der Waals surface area contributed by atoms with Crippen LogP contribution in [0.15, 0.2) is 42.9 Å². The molecule has 3 saturated carbocycles. The minimum atomic E-state index is -1.85. The summed E-state index contributed by atoms with van der Waals surface area (Å²) in [6, 6.07) is 5.77. The first-order valence-electron chi connectivity index (χ1n) is 20.5. The average molecular weight is 869 g/mol. The fraction of sp³-hybridized carbons (Fsp3) is 0.524. The number of carbonyl (C=O) groups excluding carboxylic acids is 3. The number of amides is 1. The number of halogens is 2. The summed E-state index contributed by atoms with van der Waals surface area (Å²) in [4.78, 5) is 55.2. The predicted octanol–water partition coefficient (Wildman–Crippen LogP) is 2.32. The quantitative estimate of drug-likeness (QED) is 0.0619. The summed E-state index contributed by atoms with van der Waals surface area (Å²) in [6.45, 7) is 1.09. The van der Waals surface area contributed by atoms with E-state index in [0.717, 1.165) is 45.2 Å². The second kappa shape index (κ2) is 20.3. The lowest BCUT2D eigenvalue weighted by Gasteiger charge is -2.47. The van der Waals surface area contributed by atoms with E-state index in [-0.39, 0.29) is 73.4 Å². The van der Waals surface area contributed by atoms with Crippen LogP contribution >= 0.6 is 0 Å². The minimum absolute atomic E-state index is 0.00853. The molecule has 2 bridgehead atoms. The zero-order chi connectivity index (χ0) is 43.9. The van der Waals surface area contributed by atoms with E-state index >= 15 is 4.39 Å². The molecule has 3 aromatic heterocycles. The maximum Gasteiger partial charge on any atom is 0.337 e. The minimum Gasteiger partial charge on any atom is -0.467 e. The van der Waals surface area contributed by atoms with Gasteiger partial charge in [0.25, 0.3) is 0 Å². The van der Waals surface area contributed by atoms with Gasteiger partial charge in [0.2, 0.25) is 12.2 Å². The van der Waals surface area contributed by atoms with Crippen LogP contribution in [0.25, 0.3) is 22.4 Å². The average Bonchev–Trinajstić information content (AvgIpc) is 3.70. The number of benzene rings is 1. The van der Waals surface area contributed by atoms with Gasteiger partial charge in [0.15, 0.2) is 17.7 Å². The number of pyridine rings is 1. The third-order valence-corrected chi connectivity index (χ3v) is 11.7. The smallest absolute Gasteiger partial charge is 0.337 e. The zero-order valence-corrected chi connectivity index (χ0v) is 33.9. The first kappa shape index (κ1) is 44.8. The van der Waals surface area contributed by atoms with E-state index in [1.807, 2.05) is 0 Å². The maximum atomic E-state index is 15.4. The second-order valence-corrected chi connectivity index (χ2v) is 15.6. The highest BCUT2D eigenvalue weighted by Crippen LogP contribution is 2.50. The molecule has 1 aliphatic heterocycles. The first-order chi connectivity index (χ1) is 29.9. The van der Waals surface area contributed by atoms with Gasteiger partial charge in [-0.1, -0.05) is 6.07 Å². The van der Waals surface area contributed by atoms with Crippen molar-refractivity contribution in [3.05, 3.63) is 65.7 Å². The second-order valence-electron chi connectivity index (χ2n) is 15.6. The molecule has 0 radical (unpaired) electrons. The normalized spacial score (nSPS) is 25.7. The number of ether oxygens (including phenoxy) is 6. The third-order valence-electron chi connectivity index (χ3n) is 11.7. The number of hydrogen-bond donors (Lipinski definition) is 6. The molecule has 0 spiro atoms. The van der Waals surface area contributed by atoms with Gasteiger partial charge in [-0.05, 0) is 73.6 Å². The molecule has 18 nitrogen and oxygen atoms in total. The number of esters is 2. The van der Waals surface area contributed by atoms with E-state index in [1.54, 1.807) is 12.3 Å². The first-order valence-corrected chi connectivity index (χ1v) is 20.5. The Bertz CT molecular complexity index is 2210. The molecule has 7 N–H and O–H groups in total. The summed E-state index contributed by atoms with van der Waals surface area (Å²) in [5.41, 5.74) is 6.95. The van der Waals surface area contributed by atoms with Crippen molar-refractivity contribution in [3.8, 4) is 17.1 Å². The largest absolute Gasteiger partial charge is 0.467 e. The molecule has 7 atom stereocenters. The number of hydrogen-bond acceptors (Lipinski definition) is 16. The Balaban J connectivity index is 1.07. The van der Waals surface area contributed by atoms with Crippen molar-refractivity contribution in [1.29, 1.82) is 0 Å². The molecule has 20 heteroatoms. The Kier molecular flexibility index (Phi) is 14.7. The van der Waals surface area contributed by atoms with E-state index in [2.05, 4.69) is 30.0 Å². The third kappa shape index (κ3) is 10.2. The van der Waals surface area contributed by atoms with Crippen LogP contribution in [0.2, 0.25) is 0 Å². The number of nitrogens with two attached hydrogens (primary N) is 1. The summed E-state index contributed by atoms with van der Waals surface area (Å²) in [6.07, 6.45) is -1.66. The lowest BCUT2D eigenvalue weighted by molar-refractivity contribution is -0.271. The summed E-state index contributed by atoms with van der Waals surface area (Å²) in [7, 11) is 1.06. The number of aromatic nitrogens is 4. The van der Waals surface area contributed by atoms with E-state index in [4.69, 9.17) is 29.4 Å². The van der Waals surface area contributed by atoms with Gasteiger partial charge in [-0.25, -0.2) is 28.5 Å². The highest BCUT2D eigenvalue weighted by atomic mass is 19.1. The Morgan fingerprint density at radius 3 is 2.45 bits per heavy atom. The van der Waals surface area contributed by atoms with Gasteiger partial charge >= 0.3 is 11.9 Å². The molecule has 1 amide bonds. The van der Waals surface area contributed by atoms with E-state index in [0.29, 0.717) is 41.9 Å². The highest BCUT2D eigenvalue weighted by Gasteiger charge is 2.50. The zero-order valence-electron chi connectivity index (χ0n) is 33.9. The van der Waals surface area contributed by atoms with Crippen molar-refractivity contribution in [1.82, 2.24) is 19.9 Å². The van der Waals surface area contributed by atoms with Crippen molar-refractivity contribution in [2.75, 3.05) is 45.4 Å². The summed E-state index contributed by atoms with van der Waals surface area (Å²) in [5.74, 6) is -3.69. The van der Waals surface area contributed by atoms with Crippen LogP contribution < -0.4 is 15.8 Å². The number of nitrogens with zero attached hydrogens (tertiary/aromatic N) is 3. The van der Waals surface area contributed by atoms with Crippen LogP contribution in [-0.2, 0) is 51.1 Å². The number of carbonyl (C=O) groups is 3. The number of aliphatic hydroxyl groups excluding tert-OH is 3. The van der Waals surface area contributed by atoms with Crippen molar-refractivity contribution in [3.63, 3.8) is 0 Å².